The van der Waals surface area contributed by atoms with Gasteiger partial charge in [0.05, 0.1) is 5.92 Å². The van der Waals surface area contributed by atoms with Crippen molar-refractivity contribution in [3.63, 3.8) is 0 Å². The molecular weight excluding hydrogens is 214 g/mol. The molecule has 15 heavy (non-hydrogen) atoms. The molecule has 4 heteroatoms. The van der Waals surface area contributed by atoms with E-state index in [-0.39, 0.29) is 10.8 Å². The van der Waals surface area contributed by atoms with E-state index in [1.54, 1.807) is 26.0 Å². The molecule has 0 aromatic heterocycles. The lowest BCUT2D eigenvalue weighted by atomic mass is 9.84. The molecule has 0 saturated carbocycles. The zero-order chi connectivity index (χ0) is 11.6. The number of nitro groups is 1. The maximum atomic E-state index is 10.9. The minimum absolute atomic E-state index is 0.148. The van der Waals surface area contributed by atoms with Crippen LogP contribution in [0.5, 0.6) is 0 Å². The molecule has 0 amide bonds. The Morgan fingerprint density at radius 3 is 2.20 bits per heavy atom. The minimum atomic E-state index is -0.964. The standard InChI is InChI=1S/C11H14ClNO2/c1-8(11(2,3)13(14)15)9-4-6-10(12)7-5-9/h4-8H,1-3H3. The van der Waals surface area contributed by atoms with Gasteiger partial charge in [-0.15, -0.1) is 0 Å². The third kappa shape index (κ3) is 2.48. The highest BCUT2D eigenvalue weighted by Gasteiger charge is 2.38. The lowest BCUT2D eigenvalue weighted by molar-refractivity contribution is -0.564. The molecule has 1 rings (SSSR count). The van der Waals surface area contributed by atoms with E-state index in [4.69, 9.17) is 11.6 Å². The second-order valence-corrected chi connectivity index (χ2v) is 4.62. The van der Waals surface area contributed by atoms with E-state index in [1.165, 1.54) is 0 Å². The second kappa shape index (κ2) is 4.19. The molecule has 0 bridgehead atoms. The largest absolute Gasteiger partial charge is 0.264 e. The Hall–Kier alpha value is -1.09. The summed E-state index contributed by atoms with van der Waals surface area (Å²) in [5.74, 6) is -0.148. The number of nitrogens with zero attached hydrogens (tertiary/aromatic N) is 1. The van der Waals surface area contributed by atoms with Crippen LogP contribution in [-0.4, -0.2) is 10.5 Å². The summed E-state index contributed by atoms with van der Waals surface area (Å²) in [7, 11) is 0. The third-order valence-corrected chi connectivity index (χ3v) is 3.15. The molecule has 0 heterocycles. The molecule has 82 valence electrons. The van der Waals surface area contributed by atoms with E-state index in [0.29, 0.717) is 5.02 Å². The predicted molar refractivity (Wildman–Crippen MR) is 60.9 cm³/mol. The monoisotopic (exact) mass is 227 g/mol. The van der Waals surface area contributed by atoms with Crippen molar-refractivity contribution in [2.45, 2.75) is 32.2 Å². The van der Waals surface area contributed by atoms with Crippen LogP contribution in [-0.2, 0) is 0 Å². The number of rotatable bonds is 3. The minimum Gasteiger partial charge on any atom is -0.264 e. The molecule has 0 fully saturated rings. The van der Waals surface area contributed by atoms with Crippen molar-refractivity contribution in [3.05, 3.63) is 45.0 Å². The second-order valence-electron chi connectivity index (χ2n) is 4.18. The highest BCUT2D eigenvalue weighted by Crippen LogP contribution is 2.30. The van der Waals surface area contributed by atoms with E-state index in [1.807, 2.05) is 19.1 Å². The van der Waals surface area contributed by atoms with Crippen molar-refractivity contribution in [3.8, 4) is 0 Å². The van der Waals surface area contributed by atoms with Gasteiger partial charge in [0.2, 0.25) is 5.54 Å². The van der Waals surface area contributed by atoms with Crippen LogP contribution in [0.2, 0.25) is 5.02 Å². The molecule has 1 aromatic carbocycles. The number of benzene rings is 1. The van der Waals surface area contributed by atoms with E-state index >= 15 is 0 Å². The first-order chi connectivity index (χ1) is 6.85. The van der Waals surface area contributed by atoms with Gasteiger partial charge in [-0.1, -0.05) is 30.7 Å². The Morgan fingerprint density at radius 2 is 1.80 bits per heavy atom. The Bertz CT molecular complexity index is 359. The fourth-order valence-electron chi connectivity index (χ4n) is 1.32. The van der Waals surface area contributed by atoms with Crippen molar-refractivity contribution in [1.82, 2.24) is 0 Å². The SMILES string of the molecule is CC(c1ccc(Cl)cc1)C(C)(C)[N+](=O)[O-]. The summed E-state index contributed by atoms with van der Waals surface area (Å²) in [4.78, 5) is 10.6. The zero-order valence-corrected chi connectivity index (χ0v) is 9.78. The van der Waals surface area contributed by atoms with Gasteiger partial charge in [-0.05, 0) is 17.7 Å². The highest BCUT2D eigenvalue weighted by molar-refractivity contribution is 6.30. The van der Waals surface area contributed by atoms with Crippen LogP contribution in [0.4, 0.5) is 0 Å². The van der Waals surface area contributed by atoms with Crippen molar-refractivity contribution in [1.29, 1.82) is 0 Å². The van der Waals surface area contributed by atoms with E-state index in [9.17, 15) is 10.1 Å². The summed E-state index contributed by atoms with van der Waals surface area (Å²) >= 11 is 5.76. The molecule has 0 N–H and O–H groups in total. The van der Waals surface area contributed by atoms with Gasteiger partial charge in [-0.2, -0.15) is 0 Å². The van der Waals surface area contributed by atoms with Gasteiger partial charge >= 0.3 is 0 Å². The van der Waals surface area contributed by atoms with Gasteiger partial charge in [0.15, 0.2) is 0 Å². The van der Waals surface area contributed by atoms with Gasteiger partial charge in [0.1, 0.15) is 0 Å². The Balaban J connectivity index is 2.99. The highest BCUT2D eigenvalue weighted by atomic mass is 35.5. The quantitative estimate of drug-likeness (QED) is 0.586. The zero-order valence-electron chi connectivity index (χ0n) is 9.03. The molecule has 1 aromatic rings. The molecule has 0 spiro atoms. The average Bonchev–Trinajstić information content (AvgIpc) is 2.17. The summed E-state index contributed by atoms with van der Waals surface area (Å²) < 4.78 is 0. The summed E-state index contributed by atoms with van der Waals surface area (Å²) in [5.41, 5.74) is -0.0329. The summed E-state index contributed by atoms with van der Waals surface area (Å²) in [5, 5.41) is 11.5. The van der Waals surface area contributed by atoms with E-state index in [2.05, 4.69) is 0 Å². The number of hydrogen-bond acceptors (Lipinski definition) is 2. The Labute approximate surface area is 94.2 Å². The smallest absolute Gasteiger partial charge is 0.223 e. The summed E-state index contributed by atoms with van der Waals surface area (Å²) in [6.45, 7) is 5.12. The van der Waals surface area contributed by atoms with Crippen LogP contribution < -0.4 is 0 Å². The van der Waals surface area contributed by atoms with Crippen LogP contribution in [0, 0.1) is 10.1 Å². The summed E-state index contributed by atoms with van der Waals surface area (Å²) in [6, 6.07) is 7.17. The van der Waals surface area contributed by atoms with Gasteiger partial charge in [-0.3, -0.25) is 10.1 Å². The van der Waals surface area contributed by atoms with Gasteiger partial charge in [0.25, 0.3) is 0 Å². The molecule has 0 aliphatic heterocycles. The third-order valence-electron chi connectivity index (χ3n) is 2.90. The number of hydrogen-bond donors (Lipinski definition) is 0. The summed E-state index contributed by atoms with van der Waals surface area (Å²) in [6.07, 6.45) is 0. The molecule has 1 unspecified atom stereocenters. The maximum absolute atomic E-state index is 10.9. The molecule has 0 radical (unpaired) electrons. The normalized spacial score (nSPS) is 13.6. The van der Waals surface area contributed by atoms with Crippen LogP contribution in [0.25, 0.3) is 0 Å². The fraction of sp³-hybridized carbons (Fsp3) is 0.455. The van der Waals surface area contributed by atoms with Crippen molar-refractivity contribution in [2.24, 2.45) is 0 Å². The molecular formula is C11H14ClNO2. The lowest BCUT2D eigenvalue weighted by Gasteiger charge is -2.23. The van der Waals surface area contributed by atoms with E-state index in [0.717, 1.165) is 5.56 Å². The van der Waals surface area contributed by atoms with Gasteiger partial charge < -0.3 is 0 Å². The molecule has 1 atom stereocenters. The first kappa shape index (κ1) is 12.0. The van der Waals surface area contributed by atoms with Crippen LogP contribution >= 0.6 is 11.6 Å². The van der Waals surface area contributed by atoms with Crippen molar-refractivity contribution in [2.75, 3.05) is 0 Å². The predicted octanol–water partition coefficient (Wildman–Crippen LogP) is 3.50. The molecule has 3 nitrogen and oxygen atoms in total. The average molecular weight is 228 g/mol. The fourth-order valence-corrected chi connectivity index (χ4v) is 1.44. The Morgan fingerprint density at radius 1 is 1.33 bits per heavy atom. The van der Waals surface area contributed by atoms with Gasteiger partial charge in [-0.25, -0.2) is 0 Å². The lowest BCUT2D eigenvalue weighted by Crippen LogP contribution is -2.36. The van der Waals surface area contributed by atoms with E-state index < -0.39 is 5.54 Å². The maximum Gasteiger partial charge on any atom is 0.223 e. The van der Waals surface area contributed by atoms with Crippen molar-refractivity contribution < 1.29 is 4.92 Å². The van der Waals surface area contributed by atoms with Crippen LogP contribution in [0.1, 0.15) is 32.3 Å². The topological polar surface area (TPSA) is 43.1 Å². The van der Waals surface area contributed by atoms with Crippen LogP contribution in [0.3, 0.4) is 0 Å². The molecule has 0 aliphatic carbocycles. The number of halogens is 1. The van der Waals surface area contributed by atoms with Gasteiger partial charge in [0, 0.05) is 23.8 Å². The first-order valence-electron chi connectivity index (χ1n) is 4.75. The molecule has 0 saturated heterocycles. The molecule has 0 aliphatic rings. The first-order valence-corrected chi connectivity index (χ1v) is 5.13. The van der Waals surface area contributed by atoms with Crippen molar-refractivity contribution >= 4 is 11.6 Å². The Kier molecular flexibility index (Phi) is 3.35. The van der Waals surface area contributed by atoms with Crippen LogP contribution in [0.15, 0.2) is 24.3 Å².